The monoisotopic (exact) mass is 226 g/mol. The van der Waals surface area contributed by atoms with E-state index in [2.05, 4.69) is 10.6 Å². The first-order valence-electron chi connectivity index (χ1n) is 4.84. The second-order valence-corrected chi connectivity index (χ2v) is 3.77. The van der Waals surface area contributed by atoms with E-state index in [1.165, 1.54) is 6.92 Å². The van der Waals surface area contributed by atoms with Crippen LogP contribution in [0.15, 0.2) is 18.2 Å². The number of rotatable bonds is 4. The maximum absolute atomic E-state index is 11.0. The first kappa shape index (κ1) is 12.0. The predicted octanol–water partition coefficient (Wildman–Crippen LogP) is 2.06. The third-order valence-electron chi connectivity index (χ3n) is 2.02. The molecule has 0 unspecified atom stereocenters. The highest BCUT2D eigenvalue weighted by atomic mass is 35.5. The van der Waals surface area contributed by atoms with E-state index in [4.69, 9.17) is 11.6 Å². The Bertz CT molecular complexity index is 352. The quantitative estimate of drug-likeness (QED) is 0.825. The fourth-order valence-electron chi connectivity index (χ4n) is 1.34. The number of likely N-dealkylation sites (N-methyl/N-ethyl adjacent to an activating group) is 1. The molecule has 15 heavy (non-hydrogen) atoms. The summed E-state index contributed by atoms with van der Waals surface area (Å²) < 4.78 is 0. The van der Waals surface area contributed by atoms with Gasteiger partial charge in [0.25, 0.3) is 0 Å². The Labute approximate surface area is 94.8 Å². The molecule has 0 bridgehead atoms. The standard InChI is InChI=1S/C11H15ClN2O/c1-8(15)14-11-4-3-10(12)7-9(11)5-6-13-2/h3-4,7,13H,5-6H2,1-2H3,(H,14,15). The van der Waals surface area contributed by atoms with E-state index >= 15 is 0 Å². The van der Waals surface area contributed by atoms with E-state index in [-0.39, 0.29) is 5.91 Å². The van der Waals surface area contributed by atoms with Crippen LogP contribution in [0.5, 0.6) is 0 Å². The molecule has 0 aliphatic rings. The van der Waals surface area contributed by atoms with Crippen molar-refractivity contribution in [3.63, 3.8) is 0 Å². The Hall–Kier alpha value is -1.06. The molecule has 4 heteroatoms. The smallest absolute Gasteiger partial charge is 0.221 e. The van der Waals surface area contributed by atoms with Gasteiger partial charge in [0, 0.05) is 17.6 Å². The molecule has 0 heterocycles. The minimum absolute atomic E-state index is 0.0666. The SMILES string of the molecule is CNCCc1cc(Cl)ccc1NC(C)=O. The molecule has 1 aromatic carbocycles. The molecule has 0 saturated heterocycles. The highest BCUT2D eigenvalue weighted by Crippen LogP contribution is 2.20. The van der Waals surface area contributed by atoms with Crippen molar-refractivity contribution in [2.24, 2.45) is 0 Å². The molecule has 1 amide bonds. The van der Waals surface area contributed by atoms with Gasteiger partial charge in [0.05, 0.1) is 0 Å². The fourth-order valence-corrected chi connectivity index (χ4v) is 1.54. The van der Waals surface area contributed by atoms with Crippen molar-refractivity contribution in [3.8, 4) is 0 Å². The molecule has 1 rings (SSSR count). The van der Waals surface area contributed by atoms with Gasteiger partial charge in [0.15, 0.2) is 0 Å². The van der Waals surface area contributed by atoms with Crippen LogP contribution in [0.2, 0.25) is 5.02 Å². The lowest BCUT2D eigenvalue weighted by atomic mass is 10.1. The molecule has 0 fully saturated rings. The average molecular weight is 227 g/mol. The number of carbonyl (C=O) groups is 1. The zero-order chi connectivity index (χ0) is 11.3. The van der Waals surface area contributed by atoms with E-state index in [0.29, 0.717) is 5.02 Å². The lowest BCUT2D eigenvalue weighted by Gasteiger charge is -2.10. The van der Waals surface area contributed by atoms with Gasteiger partial charge in [-0.1, -0.05) is 11.6 Å². The molecular weight excluding hydrogens is 212 g/mol. The molecule has 3 nitrogen and oxygen atoms in total. The number of anilines is 1. The van der Waals surface area contributed by atoms with Crippen LogP contribution in [0.4, 0.5) is 5.69 Å². The molecule has 0 radical (unpaired) electrons. The Morgan fingerprint density at radius 1 is 1.47 bits per heavy atom. The van der Waals surface area contributed by atoms with Gasteiger partial charge in [-0.3, -0.25) is 4.79 Å². The van der Waals surface area contributed by atoms with E-state index in [0.717, 1.165) is 24.2 Å². The van der Waals surface area contributed by atoms with Crippen molar-refractivity contribution in [1.29, 1.82) is 0 Å². The maximum atomic E-state index is 11.0. The zero-order valence-electron chi connectivity index (χ0n) is 8.93. The number of amides is 1. The summed E-state index contributed by atoms with van der Waals surface area (Å²) in [5.74, 6) is -0.0666. The molecule has 0 aliphatic carbocycles. The van der Waals surface area contributed by atoms with Crippen molar-refractivity contribution in [3.05, 3.63) is 28.8 Å². The minimum Gasteiger partial charge on any atom is -0.326 e. The molecular formula is C11H15ClN2O. The largest absolute Gasteiger partial charge is 0.326 e. The number of benzene rings is 1. The van der Waals surface area contributed by atoms with Gasteiger partial charge in [-0.25, -0.2) is 0 Å². The van der Waals surface area contributed by atoms with Crippen LogP contribution in [0.1, 0.15) is 12.5 Å². The molecule has 82 valence electrons. The van der Waals surface area contributed by atoms with Gasteiger partial charge in [0.1, 0.15) is 0 Å². The molecule has 2 N–H and O–H groups in total. The average Bonchev–Trinajstić information content (AvgIpc) is 2.18. The summed E-state index contributed by atoms with van der Waals surface area (Å²) in [5, 5.41) is 6.53. The second kappa shape index (κ2) is 5.73. The predicted molar refractivity (Wildman–Crippen MR) is 63.4 cm³/mol. The van der Waals surface area contributed by atoms with Gasteiger partial charge >= 0.3 is 0 Å². The summed E-state index contributed by atoms with van der Waals surface area (Å²) in [6, 6.07) is 5.48. The molecule has 0 aromatic heterocycles. The fraction of sp³-hybridized carbons (Fsp3) is 0.364. The lowest BCUT2D eigenvalue weighted by Crippen LogP contribution is -2.13. The number of hydrogen-bond acceptors (Lipinski definition) is 2. The van der Waals surface area contributed by atoms with Crippen LogP contribution < -0.4 is 10.6 Å². The third kappa shape index (κ3) is 3.90. The highest BCUT2D eigenvalue weighted by Gasteiger charge is 2.04. The summed E-state index contributed by atoms with van der Waals surface area (Å²) in [6.07, 6.45) is 0.840. The Balaban J connectivity index is 2.87. The molecule has 1 aromatic rings. The summed E-state index contributed by atoms with van der Waals surface area (Å²) in [6.45, 7) is 2.35. The molecule has 0 aliphatic heterocycles. The molecule has 0 atom stereocenters. The Kier molecular flexibility index (Phi) is 4.59. The van der Waals surface area contributed by atoms with Crippen LogP contribution in [-0.2, 0) is 11.2 Å². The van der Waals surface area contributed by atoms with Crippen molar-refractivity contribution >= 4 is 23.2 Å². The third-order valence-corrected chi connectivity index (χ3v) is 2.26. The second-order valence-electron chi connectivity index (χ2n) is 3.34. The van der Waals surface area contributed by atoms with E-state index in [1.807, 2.05) is 19.2 Å². The topological polar surface area (TPSA) is 41.1 Å². The number of carbonyl (C=O) groups excluding carboxylic acids is 1. The Morgan fingerprint density at radius 2 is 2.20 bits per heavy atom. The lowest BCUT2D eigenvalue weighted by molar-refractivity contribution is -0.114. The van der Waals surface area contributed by atoms with Gasteiger partial charge in [-0.05, 0) is 43.8 Å². The summed E-state index contributed by atoms with van der Waals surface area (Å²) in [5.41, 5.74) is 1.88. The number of halogens is 1. The van der Waals surface area contributed by atoms with Gasteiger partial charge < -0.3 is 10.6 Å². The van der Waals surface area contributed by atoms with E-state index < -0.39 is 0 Å². The maximum Gasteiger partial charge on any atom is 0.221 e. The molecule has 0 spiro atoms. The zero-order valence-corrected chi connectivity index (χ0v) is 9.69. The normalized spacial score (nSPS) is 10.1. The highest BCUT2D eigenvalue weighted by molar-refractivity contribution is 6.30. The van der Waals surface area contributed by atoms with Crippen LogP contribution in [0.3, 0.4) is 0 Å². The number of nitrogens with one attached hydrogen (secondary N) is 2. The van der Waals surface area contributed by atoms with Gasteiger partial charge in [0.2, 0.25) is 5.91 Å². The van der Waals surface area contributed by atoms with Crippen molar-refractivity contribution in [2.45, 2.75) is 13.3 Å². The van der Waals surface area contributed by atoms with Crippen molar-refractivity contribution in [2.75, 3.05) is 18.9 Å². The van der Waals surface area contributed by atoms with E-state index in [1.54, 1.807) is 6.07 Å². The van der Waals surface area contributed by atoms with E-state index in [9.17, 15) is 4.79 Å². The van der Waals surface area contributed by atoms with Crippen molar-refractivity contribution < 1.29 is 4.79 Å². The summed E-state index contributed by atoms with van der Waals surface area (Å²) in [7, 11) is 1.89. The van der Waals surface area contributed by atoms with Gasteiger partial charge in [-0.15, -0.1) is 0 Å². The number of hydrogen-bond donors (Lipinski definition) is 2. The van der Waals surface area contributed by atoms with Crippen LogP contribution in [-0.4, -0.2) is 19.5 Å². The van der Waals surface area contributed by atoms with Crippen LogP contribution >= 0.6 is 11.6 Å². The van der Waals surface area contributed by atoms with Crippen molar-refractivity contribution in [1.82, 2.24) is 5.32 Å². The van der Waals surface area contributed by atoms with Crippen LogP contribution in [0, 0.1) is 0 Å². The summed E-state index contributed by atoms with van der Waals surface area (Å²) in [4.78, 5) is 11.0. The van der Waals surface area contributed by atoms with Crippen LogP contribution in [0.25, 0.3) is 0 Å². The first-order valence-corrected chi connectivity index (χ1v) is 5.22. The summed E-state index contributed by atoms with van der Waals surface area (Å²) >= 11 is 5.90. The Morgan fingerprint density at radius 3 is 2.80 bits per heavy atom. The minimum atomic E-state index is -0.0666. The van der Waals surface area contributed by atoms with Gasteiger partial charge in [-0.2, -0.15) is 0 Å². The molecule has 0 saturated carbocycles. The first-order chi connectivity index (χ1) is 7.13.